The number of halogens is 5. The van der Waals surface area contributed by atoms with E-state index in [0.29, 0.717) is 28.9 Å². The van der Waals surface area contributed by atoms with Crippen LogP contribution in [0.15, 0.2) is 41.3 Å². The molecule has 0 saturated carbocycles. The van der Waals surface area contributed by atoms with Gasteiger partial charge in [0.15, 0.2) is 17.3 Å². The van der Waals surface area contributed by atoms with Gasteiger partial charge >= 0.3 is 17.9 Å². The van der Waals surface area contributed by atoms with E-state index in [1.807, 2.05) is 0 Å². The van der Waals surface area contributed by atoms with E-state index in [2.05, 4.69) is 15.3 Å². The number of likely N-dealkylation sites (tertiary alicyclic amines) is 2. The first kappa shape index (κ1) is 26.6. The van der Waals surface area contributed by atoms with Crippen LogP contribution in [0.2, 0.25) is 0 Å². The van der Waals surface area contributed by atoms with E-state index in [-0.39, 0.29) is 36.8 Å². The second-order valence-electron chi connectivity index (χ2n) is 9.80. The normalized spacial score (nSPS) is 21.0. The van der Waals surface area contributed by atoms with Gasteiger partial charge in [-0.1, -0.05) is 12.1 Å². The van der Waals surface area contributed by atoms with Crippen LogP contribution in [0.5, 0.6) is 0 Å². The number of imidazole rings is 1. The van der Waals surface area contributed by atoms with Gasteiger partial charge in [0.2, 0.25) is 5.91 Å². The highest BCUT2D eigenvalue weighted by Gasteiger charge is 2.42. The summed E-state index contributed by atoms with van der Waals surface area (Å²) in [5.41, 5.74) is 0.609. The van der Waals surface area contributed by atoms with Gasteiger partial charge in [0.1, 0.15) is 12.6 Å². The van der Waals surface area contributed by atoms with Crippen LogP contribution in [-0.4, -0.2) is 74.7 Å². The summed E-state index contributed by atoms with van der Waals surface area (Å²) in [5.74, 6) is -4.25. The van der Waals surface area contributed by atoms with Crippen molar-refractivity contribution in [1.29, 1.82) is 0 Å². The van der Waals surface area contributed by atoms with Gasteiger partial charge in [-0.25, -0.2) is 23.4 Å². The monoisotopic (exact) mass is 552 g/mol. The molecule has 5 rings (SSSR count). The molecule has 0 bridgehead atoms. The maximum atomic E-state index is 14.5. The number of aromatic amines is 1. The van der Waals surface area contributed by atoms with Crippen molar-refractivity contribution in [3.8, 4) is 0 Å². The number of hydrogen-bond acceptors (Lipinski definition) is 4. The number of rotatable bonds is 4. The molecule has 1 aromatic carbocycles. The Hall–Kier alpha value is -3.97. The molecule has 2 unspecified atom stereocenters. The maximum Gasteiger partial charge on any atom is 0.406 e. The fourth-order valence-electron chi connectivity index (χ4n) is 5.47. The van der Waals surface area contributed by atoms with Crippen molar-refractivity contribution in [3.63, 3.8) is 0 Å². The van der Waals surface area contributed by atoms with Crippen molar-refractivity contribution in [2.75, 3.05) is 26.2 Å². The number of amides is 3. The molecular formula is C25H25F5N6O3. The molecule has 0 spiro atoms. The number of benzene rings is 1. The summed E-state index contributed by atoms with van der Waals surface area (Å²) in [7, 11) is 0. The first-order valence-corrected chi connectivity index (χ1v) is 12.4. The molecule has 2 fully saturated rings. The summed E-state index contributed by atoms with van der Waals surface area (Å²) in [6, 6.07) is 4.64. The number of pyridine rings is 1. The second kappa shape index (κ2) is 10.3. The third-order valence-electron chi connectivity index (χ3n) is 7.27. The molecule has 14 heteroatoms. The molecular weight excluding hydrogens is 527 g/mol. The Balaban J connectivity index is 1.29. The van der Waals surface area contributed by atoms with E-state index in [9.17, 15) is 36.3 Å². The minimum absolute atomic E-state index is 0.159. The first-order valence-electron chi connectivity index (χ1n) is 12.4. The van der Waals surface area contributed by atoms with Gasteiger partial charge in [0.05, 0.1) is 5.52 Å². The third kappa shape index (κ3) is 5.45. The number of urea groups is 1. The largest absolute Gasteiger partial charge is 0.406 e. The second-order valence-corrected chi connectivity index (χ2v) is 9.80. The predicted molar refractivity (Wildman–Crippen MR) is 129 cm³/mol. The molecule has 2 aromatic heterocycles. The molecule has 2 aliphatic rings. The van der Waals surface area contributed by atoms with Gasteiger partial charge in [0, 0.05) is 37.8 Å². The van der Waals surface area contributed by atoms with E-state index in [0.717, 1.165) is 6.07 Å². The molecule has 3 amide bonds. The number of nitrogens with zero attached hydrogens (tertiary/aromatic N) is 4. The first-order chi connectivity index (χ1) is 18.5. The molecule has 2 N–H and O–H groups in total. The van der Waals surface area contributed by atoms with Crippen LogP contribution in [0.3, 0.4) is 0 Å². The van der Waals surface area contributed by atoms with E-state index in [1.54, 1.807) is 22.9 Å². The number of hydrogen-bond donors (Lipinski definition) is 2. The van der Waals surface area contributed by atoms with Gasteiger partial charge < -0.3 is 15.1 Å². The van der Waals surface area contributed by atoms with Gasteiger partial charge in [0.25, 0.3) is 0 Å². The lowest BCUT2D eigenvalue weighted by molar-refractivity contribution is -0.165. The summed E-state index contributed by atoms with van der Waals surface area (Å²) in [6.07, 6.45) is -2.50. The highest BCUT2D eigenvalue weighted by molar-refractivity contribution is 5.88. The number of H-pyrrole nitrogens is 1. The molecule has 39 heavy (non-hydrogen) atoms. The van der Waals surface area contributed by atoms with Gasteiger partial charge in [-0.05, 0) is 43.0 Å². The Morgan fingerprint density at radius 1 is 1.10 bits per heavy atom. The van der Waals surface area contributed by atoms with Crippen LogP contribution in [-0.2, 0) is 4.79 Å². The highest BCUT2D eigenvalue weighted by atomic mass is 19.4. The molecule has 4 heterocycles. The van der Waals surface area contributed by atoms with Crippen LogP contribution in [0.1, 0.15) is 36.8 Å². The molecule has 0 aliphatic carbocycles. The third-order valence-corrected chi connectivity index (χ3v) is 7.27. The number of nitrogens with one attached hydrogen (secondary N) is 2. The predicted octanol–water partition coefficient (Wildman–Crippen LogP) is 3.30. The van der Waals surface area contributed by atoms with Crippen LogP contribution < -0.4 is 11.0 Å². The number of piperidine rings is 2. The molecule has 0 radical (unpaired) electrons. The van der Waals surface area contributed by atoms with E-state index in [1.165, 1.54) is 17.0 Å². The number of carbonyl (C=O) groups excluding carboxylic acids is 2. The van der Waals surface area contributed by atoms with Crippen molar-refractivity contribution in [2.45, 2.75) is 43.4 Å². The van der Waals surface area contributed by atoms with Gasteiger partial charge in [-0.3, -0.25) is 14.3 Å². The Labute approximate surface area is 218 Å². The average Bonchev–Trinajstić information content (AvgIpc) is 3.23. The lowest BCUT2D eigenvalue weighted by Gasteiger charge is -2.39. The topological polar surface area (TPSA) is 103 Å². The lowest BCUT2D eigenvalue weighted by Crippen LogP contribution is -2.58. The fraction of sp³-hybridized carbons (Fsp3) is 0.440. The summed E-state index contributed by atoms with van der Waals surface area (Å²) in [6.45, 7) is -1.59. The van der Waals surface area contributed by atoms with Crippen molar-refractivity contribution < 1.29 is 31.5 Å². The quantitative estimate of drug-likeness (QED) is 0.485. The fourth-order valence-corrected chi connectivity index (χ4v) is 5.47. The van der Waals surface area contributed by atoms with Crippen molar-refractivity contribution in [3.05, 3.63) is 64.2 Å². The SMILES string of the molecule is O=C(NC1CC(c2cccc(F)c2F)CN(CC(F)(F)F)C1=O)N1CCC(n2c(=O)[nH]c3ncccc32)CC1. The van der Waals surface area contributed by atoms with E-state index < -0.39 is 54.8 Å². The number of carbonyl (C=O) groups is 2. The molecule has 3 aromatic rings. The Morgan fingerprint density at radius 2 is 1.85 bits per heavy atom. The summed E-state index contributed by atoms with van der Waals surface area (Å²) in [5, 5.41) is 2.51. The molecule has 9 nitrogen and oxygen atoms in total. The Morgan fingerprint density at radius 3 is 2.56 bits per heavy atom. The Kier molecular flexibility index (Phi) is 7.03. The van der Waals surface area contributed by atoms with Crippen molar-refractivity contribution in [2.24, 2.45) is 0 Å². The zero-order valence-corrected chi connectivity index (χ0v) is 20.5. The van der Waals surface area contributed by atoms with Crippen LogP contribution in [0.25, 0.3) is 11.2 Å². The van der Waals surface area contributed by atoms with E-state index >= 15 is 0 Å². The highest BCUT2D eigenvalue weighted by Crippen LogP contribution is 2.32. The maximum absolute atomic E-state index is 14.5. The standard InChI is InChI=1S/C25H25F5N6O3/c26-17-4-1-3-16(20(17)27)14-11-18(22(37)35(12-14)13-25(28,29)30)32-23(38)34-9-6-15(7-10-34)36-19-5-2-8-31-21(19)33-24(36)39/h1-5,8,14-15,18H,6-7,9-13H2,(H,32,38)(H,31,33,39). The Bertz CT molecular complexity index is 1450. The summed E-state index contributed by atoms with van der Waals surface area (Å²) < 4.78 is 69.5. The zero-order chi connectivity index (χ0) is 27.9. The molecule has 2 saturated heterocycles. The zero-order valence-electron chi connectivity index (χ0n) is 20.5. The summed E-state index contributed by atoms with van der Waals surface area (Å²) >= 11 is 0. The van der Waals surface area contributed by atoms with Gasteiger partial charge in [-0.2, -0.15) is 13.2 Å². The smallest absolute Gasteiger partial charge is 0.331 e. The van der Waals surface area contributed by atoms with E-state index in [4.69, 9.17) is 0 Å². The van der Waals surface area contributed by atoms with Crippen molar-refractivity contribution >= 4 is 23.1 Å². The minimum Gasteiger partial charge on any atom is -0.331 e. The van der Waals surface area contributed by atoms with Crippen molar-refractivity contribution in [1.82, 2.24) is 29.7 Å². The molecule has 2 aliphatic heterocycles. The average molecular weight is 553 g/mol. The molecule has 208 valence electrons. The van der Waals surface area contributed by atoms with Gasteiger partial charge in [-0.15, -0.1) is 0 Å². The van der Waals surface area contributed by atoms with Crippen LogP contribution in [0, 0.1) is 11.6 Å². The number of aromatic nitrogens is 3. The lowest BCUT2D eigenvalue weighted by atomic mass is 9.87. The molecule has 2 atom stereocenters. The number of alkyl halides is 3. The van der Waals surface area contributed by atoms with Crippen LogP contribution >= 0.6 is 0 Å². The minimum atomic E-state index is -4.72. The summed E-state index contributed by atoms with van der Waals surface area (Å²) in [4.78, 5) is 47.2. The number of fused-ring (bicyclic) bond motifs is 1. The van der Waals surface area contributed by atoms with Crippen LogP contribution in [0.4, 0.5) is 26.7 Å².